The molecule has 0 heterocycles. The van der Waals surface area contributed by atoms with Crippen LogP contribution in [0.15, 0.2) is 66.7 Å². The lowest BCUT2D eigenvalue weighted by Crippen LogP contribution is -2.45. The van der Waals surface area contributed by atoms with Crippen molar-refractivity contribution in [1.82, 2.24) is 10.9 Å². The first-order valence-electron chi connectivity index (χ1n) is 12.3. The minimum Gasteiger partial charge on any atom is -0.758 e. The van der Waals surface area contributed by atoms with Gasteiger partial charge >= 0.3 is 0 Å². The van der Waals surface area contributed by atoms with E-state index < -0.39 is 17.9 Å². The second kappa shape index (κ2) is 13.2. The Labute approximate surface area is 227 Å². The normalized spacial score (nSPS) is 11.3. The number of ether oxygens (including phenoxy) is 2. The average molecular weight is 534 g/mol. The number of nitrogens with two attached hydrogens (primary N) is 1. The highest BCUT2D eigenvalue weighted by Gasteiger charge is 2.24. The van der Waals surface area contributed by atoms with E-state index in [1.807, 2.05) is 20.8 Å². The van der Waals surface area contributed by atoms with Crippen molar-refractivity contribution < 1.29 is 19.1 Å². The summed E-state index contributed by atoms with van der Waals surface area (Å²) in [5.41, 5.74) is 12.3. The van der Waals surface area contributed by atoms with Crippen LogP contribution in [0.4, 0.5) is 11.4 Å². The van der Waals surface area contributed by atoms with E-state index in [0.29, 0.717) is 40.0 Å². The lowest BCUT2D eigenvalue weighted by Gasteiger charge is -2.27. The molecule has 0 radical (unpaired) electrons. The van der Waals surface area contributed by atoms with Gasteiger partial charge < -0.3 is 30.8 Å². The van der Waals surface area contributed by atoms with Crippen LogP contribution in [0.3, 0.4) is 0 Å². The van der Waals surface area contributed by atoms with Gasteiger partial charge in [0.15, 0.2) is 11.5 Å². The van der Waals surface area contributed by atoms with Gasteiger partial charge in [0.25, 0.3) is 11.8 Å². The topological polar surface area (TPSA) is 165 Å². The van der Waals surface area contributed by atoms with E-state index in [1.54, 1.807) is 54.6 Å². The van der Waals surface area contributed by atoms with Crippen molar-refractivity contribution in [2.75, 3.05) is 24.0 Å². The van der Waals surface area contributed by atoms with Crippen LogP contribution < -0.4 is 36.4 Å². The van der Waals surface area contributed by atoms with Crippen LogP contribution in [0.25, 0.3) is 0 Å². The Morgan fingerprint density at radius 1 is 1.03 bits per heavy atom. The molecule has 39 heavy (non-hydrogen) atoms. The molecule has 0 aliphatic heterocycles. The van der Waals surface area contributed by atoms with E-state index in [0.717, 1.165) is 0 Å². The minimum atomic E-state index is -0.974. The number of benzene rings is 3. The second-order valence-electron chi connectivity index (χ2n) is 8.83. The van der Waals surface area contributed by atoms with E-state index in [2.05, 4.69) is 16.2 Å². The van der Waals surface area contributed by atoms with Crippen LogP contribution in [0.1, 0.15) is 48.3 Å². The zero-order valence-corrected chi connectivity index (χ0v) is 22.3. The number of rotatable bonds is 11. The fourth-order valence-corrected chi connectivity index (χ4v) is 3.73. The van der Waals surface area contributed by atoms with Gasteiger partial charge in [-0.15, -0.1) is 0 Å². The summed E-state index contributed by atoms with van der Waals surface area (Å²) < 4.78 is 11.6. The molecule has 2 amide bonds. The highest BCUT2D eigenvalue weighted by Crippen LogP contribution is 2.33. The quantitative estimate of drug-likeness (QED) is 0.141. The fraction of sp³-hybridized carbons (Fsp3) is 0.250. The lowest BCUT2D eigenvalue weighted by atomic mass is 10.0. The third kappa shape index (κ3) is 7.62. The van der Waals surface area contributed by atoms with Crippen molar-refractivity contribution in [3.8, 4) is 11.5 Å². The highest BCUT2D eigenvalue weighted by atomic mass is 16.5. The maximum atomic E-state index is 13.4. The first-order chi connectivity index (χ1) is 18.6. The molecule has 3 rings (SSSR count). The number of nitrogens with zero attached hydrogens (tertiary/aromatic N) is 1. The molecule has 0 bridgehead atoms. The first kappa shape index (κ1) is 28.8. The summed E-state index contributed by atoms with van der Waals surface area (Å²) in [6.07, 6.45) is -0.0849. The van der Waals surface area contributed by atoms with Crippen molar-refractivity contribution in [2.45, 2.75) is 32.9 Å². The van der Waals surface area contributed by atoms with Gasteiger partial charge in [-0.1, -0.05) is 18.2 Å². The van der Waals surface area contributed by atoms with Gasteiger partial charge in [-0.2, -0.15) is 0 Å². The summed E-state index contributed by atoms with van der Waals surface area (Å²) in [6.45, 7) is 6.03. The van der Waals surface area contributed by atoms with E-state index in [-0.39, 0.29) is 23.2 Å². The van der Waals surface area contributed by atoms with Gasteiger partial charge in [0.05, 0.1) is 18.3 Å². The van der Waals surface area contributed by atoms with Crippen LogP contribution >= 0.6 is 0 Å². The molecule has 11 heteroatoms. The first-order valence-corrected chi connectivity index (χ1v) is 12.3. The predicted molar refractivity (Wildman–Crippen MR) is 151 cm³/mol. The summed E-state index contributed by atoms with van der Waals surface area (Å²) in [5.74, 6) is -0.308. The lowest BCUT2D eigenvalue weighted by molar-refractivity contribution is -0.122. The van der Waals surface area contributed by atoms with Crippen molar-refractivity contribution >= 4 is 29.0 Å². The number of nitrogens with one attached hydrogen (secondary N) is 4. The third-order valence-corrected chi connectivity index (χ3v) is 5.52. The zero-order valence-electron chi connectivity index (χ0n) is 22.3. The van der Waals surface area contributed by atoms with Crippen LogP contribution in [0, 0.1) is 10.6 Å². The van der Waals surface area contributed by atoms with Crippen molar-refractivity contribution in [1.29, 1.82) is 5.41 Å². The van der Waals surface area contributed by atoms with Crippen molar-refractivity contribution in [3.63, 3.8) is 0 Å². The molecule has 206 valence electrons. The van der Waals surface area contributed by atoms with Gasteiger partial charge in [-0.25, -0.2) is 0 Å². The van der Waals surface area contributed by atoms with E-state index in [4.69, 9.17) is 20.6 Å². The monoisotopic (exact) mass is 533 g/mol. The average Bonchev–Trinajstić information content (AvgIpc) is 2.91. The molecule has 0 fully saturated rings. The number of hydrogen-bond acceptors (Lipinski definition) is 8. The molecule has 0 aromatic heterocycles. The van der Waals surface area contributed by atoms with Crippen LogP contribution in [-0.4, -0.2) is 37.4 Å². The Bertz CT molecular complexity index is 1310. The number of amides is 2. The molecule has 6 N–H and O–H groups in total. The number of para-hydroxylation sites is 1. The van der Waals surface area contributed by atoms with E-state index >= 15 is 0 Å². The molecule has 0 aliphatic carbocycles. The van der Waals surface area contributed by atoms with Crippen molar-refractivity contribution in [3.05, 3.63) is 88.6 Å². The second-order valence-corrected chi connectivity index (χ2v) is 8.83. The molecule has 11 nitrogen and oxygen atoms in total. The highest BCUT2D eigenvalue weighted by molar-refractivity contribution is 6.01. The summed E-state index contributed by atoms with van der Waals surface area (Å²) in [7, 11) is 1.28. The van der Waals surface area contributed by atoms with Crippen LogP contribution in [0.5, 0.6) is 11.5 Å². The molecule has 0 saturated heterocycles. The standard InChI is InChI=1S/C28H33N6O5/c1-5-38-24-16-19(12-15-23(24)39-17(2)3)25(31-20-13-10-18(11-14-20)26(29)30)28(36)33-32-27(35)21-8-6-7-9-22(21)34(4)37/h6-17,25,31H,5H2,1-4H3,(H3,29,30)(H,32,35)(H,33,36)/q-1. The smallest absolute Gasteiger partial charge is 0.271 e. The van der Waals surface area contributed by atoms with Gasteiger partial charge in [-0.05, 0) is 81.9 Å². The van der Waals surface area contributed by atoms with Gasteiger partial charge in [0.2, 0.25) is 0 Å². The number of hydrazine groups is 1. The molecule has 1 atom stereocenters. The molecule has 0 saturated carbocycles. The summed E-state index contributed by atoms with van der Waals surface area (Å²) in [4.78, 5) is 26.2. The number of hydroxylamine groups is 1. The van der Waals surface area contributed by atoms with Gasteiger partial charge in [0.1, 0.15) is 11.9 Å². The maximum absolute atomic E-state index is 13.4. The molecule has 1 unspecified atom stereocenters. The minimum absolute atomic E-state index is 0.0790. The molecular formula is C28H33N6O5-. The van der Waals surface area contributed by atoms with Gasteiger partial charge in [-0.3, -0.25) is 25.8 Å². The van der Waals surface area contributed by atoms with E-state index in [1.165, 1.54) is 19.2 Å². The number of carbonyl (C=O) groups excluding carboxylic acids is 2. The number of carbonyl (C=O) groups is 2. The largest absolute Gasteiger partial charge is 0.758 e. The van der Waals surface area contributed by atoms with Crippen LogP contribution in [0.2, 0.25) is 0 Å². The van der Waals surface area contributed by atoms with Crippen molar-refractivity contribution in [2.24, 2.45) is 5.73 Å². The fourth-order valence-electron chi connectivity index (χ4n) is 3.73. The Morgan fingerprint density at radius 3 is 2.33 bits per heavy atom. The number of hydrogen-bond donors (Lipinski definition) is 5. The number of amidine groups is 1. The molecule has 3 aromatic carbocycles. The number of nitrogen functional groups attached to an aromatic ring is 1. The maximum Gasteiger partial charge on any atom is 0.271 e. The molecule has 0 spiro atoms. The van der Waals surface area contributed by atoms with Gasteiger partial charge in [0, 0.05) is 16.9 Å². The molecular weight excluding hydrogens is 500 g/mol. The zero-order chi connectivity index (χ0) is 28.5. The summed E-state index contributed by atoms with van der Waals surface area (Å²) in [5, 5.41) is 23.2. The summed E-state index contributed by atoms with van der Waals surface area (Å²) in [6, 6.07) is 17.1. The SMILES string of the molecule is CCOc1cc(C(Nc2ccc(C(=N)N)cc2)C(=O)NNC(=O)c2ccccc2N(C)[O-])ccc1OC(C)C. The van der Waals surface area contributed by atoms with E-state index in [9.17, 15) is 14.8 Å². The Balaban J connectivity index is 1.90. The predicted octanol–water partition coefficient (Wildman–Crippen LogP) is 3.70. The Morgan fingerprint density at radius 2 is 1.72 bits per heavy atom. The number of anilines is 2. The molecule has 3 aromatic rings. The Kier molecular flexibility index (Phi) is 9.71. The Hall–Kier alpha value is -4.77. The summed E-state index contributed by atoms with van der Waals surface area (Å²) >= 11 is 0. The molecule has 0 aliphatic rings. The third-order valence-electron chi connectivity index (χ3n) is 5.52. The van der Waals surface area contributed by atoms with Crippen LogP contribution in [-0.2, 0) is 4.79 Å².